The smallest absolute Gasteiger partial charge is 0.393 e. The number of nitrogens with one attached hydrogen (secondary N) is 1. The SMILES string of the molecule is Cc1ccc(S(=O)(=O)NC[C@H](CCC(=O)O)C(F)(F)F)s1. The molecule has 1 rings (SSSR count). The van der Waals surface area contributed by atoms with Crippen molar-refractivity contribution in [1.82, 2.24) is 4.72 Å². The van der Waals surface area contributed by atoms with Crippen molar-refractivity contribution in [2.24, 2.45) is 5.92 Å². The number of carboxylic acids is 1. The van der Waals surface area contributed by atoms with Gasteiger partial charge in [-0.2, -0.15) is 13.2 Å². The molecular formula is C11H14F3NO4S2. The lowest BCUT2D eigenvalue weighted by Crippen LogP contribution is -2.36. The van der Waals surface area contributed by atoms with Crippen molar-refractivity contribution >= 4 is 27.3 Å². The molecule has 1 heterocycles. The molecule has 10 heteroatoms. The van der Waals surface area contributed by atoms with Gasteiger partial charge < -0.3 is 5.11 Å². The molecule has 0 amide bonds. The molecule has 21 heavy (non-hydrogen) atoms. The van der Waals surface area contributed by atoms with Gasteiger partial charge in [0.1, 0.15) is 4.21 Å². The van der Waals surface area contributed by atoms with Gasteiger partial charge in [-0.3, -0.25) is 4.79 Å². The zero-order chi connectivity index (χ0) is 16.3. The quantitative estimate of drug-likeness (QED) is 0.795. The van der Waals surface area contributed by atoms with Crippen LogP contribution in [-0.2, 0) is 14.8 Å². The summed E-state index contributed by atoms with van der Waals surface area (Å²) >= 11 is 0.946. The second kappa shape index (κ2) is 6.75. The number of sulfonamides is 1. The zero-order valence-electron chi connectivity index (χ0n) is 11.0. The molecule has 2 N–H and O–H groups in total. The van der Waals surface area contributed by atoms with Gasteiger partial charge in [-0.25, -0.2) is 13.1 Å². The molecule has 0 radical (unpaired) electrons. The number of halogens is 3. The molecule has 0 aliphatic rings. The van der Waals surface area contributed by atoms with E-state index in [4.69, 9.17) is 5.11 Å². The van der Waals surface area contributed by atoms with Crippen LogP contribution in [-0.4, -0.2) is 32.2 Å². The first-order chi connectivity index (χ1) is 9.52. The molecule has 0 saturated carbocycles. The number of alkyl halides is 3. The first-order valence-electron chi connectivity index (χ1n) is 5.87. The van der Waals surface area contributed by atoms with Crippen molar-refractivity contribution in [3.63, 3.8) is 0 Å². The molecule has 0 spiro atoms. The summed E-state index contributed by atoms with van der Waals surface area (Å²) in [6.07, 6.45) is -6.02. The highest BCUT2D eigenvalue weighted by Gasteiger charge is 2.40. The van der Waals surface area contributed by atoms with E-state index in [-0.39, 0.29) is 4.21 Å². The van der Waals surface area contributed by atoms with Crippen LogP contribution >= 0.6 is 11.3 Å². The summed E-state index contributed by atoms with van der Waals surface area (Å²) in [6, 6.07) is 2.85. The fourth-order valence-corrected chi connectivity index (χ4v) is 3.93. The highest BCUT2D eigenvalue weighted by atomic mass is 32.2. The summed E-state index contributed by atoms with van der Waals surface area (Å²) in [4.78, 5) is 11.1. The molecule has 0 aromatic carbocycles. The minimum absolute atomic E-state index is 0.0702. The molecule has 0 aliphatic carbocycles. The van der Waals surface area contributed by atoms with E-state index in [1.54, 1.807) is 13.0 Å². The lowest BCUT2D eigenvalue weighted by Gasteiger charge is -2.19. The Hall–Kier alpha value is -1.13. The number of thiophene rings is 1. The Morgan fingerprint density at radius 1 is 1.43 bits per heavy atom. The average Bonchev–Trinajstić information content (AvgIpc) is 2.74. The third kappa shape index (κ3) is 5.64. The van der Waals surface area contributed by atoms with Crippen molar-refractivity contribution in [2.75, 3.05) is 6.54 Å². The number of carbonyl (C=O) groups is 1. The van der Waals surface area contributed by atoms with Crippen LogP contribution in [0.5, 0.6) is 0 Å². The van der Waals surface area contributed by atoms with Gasteiger partial charge in [0.05, 0.1) is 5.92 Å². The van der Waals surface area contributed by atoms with Gasteiger partial charge in [0.2, 0.25) is 10.0 Å². The third-order valence-corrected chi connectivity index (χ3v) is 5.59. The number of aliphatic carboxylic acids is 1. The Morgan fingerprint density at radius 3 is 2.48 bits per heavy atom. The maximum atomic E-state index is 12.7. The van der Waals surface area contributed by atoms with E-state index >= 15 is 0 Å². The van der Waals surface area contributed by atoms with E-state index in [1.165, 1.54) is 6.07 Å². The molecule has 0 fully saturated rings. The van der Waals surface area contributed by atoms with Crippen LogP contribution in [0.2, 0.25) is 0 Å². The van der Waals surface area contributed by atoms with E-state index in [0.29, 0.717) is 4.88 Å². The largest absolute Gasteiger partial charge is 0.481 e. The van der Waals surface area contributed by atoms with Crippen LogP contribution in [0.15, 0.2) is 16.3 Å². The molecule has 5 nitrogen and oxygen atoms in total. The topological polar surface area (TPSA) is 83.5 Å². The maximum Gasteiger partial charge on any atom is 0.393 e. The summed E-state index contributed by atoms with van der Waals surface area (Å²) < 4.78 is 63.7. The Bertz CT molecular complexity index is 595. The summed E-state index contributed by atoms with van der Waals surface area (Å²) in [5.41, 5.74) is 0. The zero-order valence-corrected chi connectivity index (χ0v) is 12.6. The number of hydrogen-bond acceptors (Lipinski definition) is 4. The number of carboxylic acid groups (broad SMARTS) is 1. The molecule has 120 valence electrons. The fraction of sp³-hybridized carbons (Fsp3) is 0.545. The van der Waals surface area contributed by atoms with Gasteiger partial charge in [0, 0.05) is 17.8 Å². The van der Waals surface area contributed by atoms with Gasteiger partial charge >= 0.3 is 12.1 Å². The summed E-state index contributed by atoms with van der Waals surface area (Å²) in [5.74, 6) is -3.40. The van der Waals surface area contributed by atoms with Gasteiger partial charge in [0.15, 0.2) is 0 Å². The van der Waals surface area contributed by atoms with Crippen LogP contribution in [0.4, 0.5) is 13.2 Å². The Morgan fingerprint density at radius 2 is 2.05 bits per heavy atom. The average molecular weight is 345 g/mol. The monoisotopic (exact) mass is 345 g/mol. The first kappa shape index (κ1) is 17.9. The molecule has 1 atom stereocenters. The molecular weight excluding hydrogens is 331 g/mol. The minimum atomic E-state index is -4.66. The van der Waals surface area contributed by atoms with E-state index in [0.717, 1.165) is 11.3 Å². The summed E-state index contributed by atoms with van der Waals surface area (Å²) in [7, 11) is -4.01. The Kier molecular flexibility index (Phi) is 5.76. The van der Waals surface area contributed by atoms with E-state index < -0.39 is 47.5 Å². The maximum absolute atomic E-state index is 12.7. The van der Waals surface area contributed by atoms with Gasteiger partial charge in [-0.15, -0.1) is 11.3 Å². The minimum Gasteiger partial charge on any atom is -0.481 e. The van der Waals surface area contributed by atoms with Crippen molar-refractivity contribution in [1.29, 1.82) is 0 Å². The van der Waals surface area contributed by atoms with Gasteiger partial charge in [0.25, 0.3) is 0 Å². The highest BCUT2D eigenvalue weighted by Crippen LogP contribution is 2.30. The molecule has 0 unspecified atom stereocenters. The van der Waals surface area contributed by atoms with Crippen LogP contribution in [0.1, 0.15) is 17.7 Å². The van der Waals surface area contributed by atoms with Crippen LogP contribution in [0.25, 0.3) is 0 Å². The van der Waals surface area contributed by atoms with Gasteiger partial charge in [-0.1, -0.05) is 0 Å². The van der Waals surface area contributed by atoms with Crippen molar-refractivity contribution < 1.29 is 31.5 Å². The summed E-state index contributed by atoms with van der Waals surface area (Å²) in [5, 5.41) is 8.43. The third-order valence-electron chi connectivity index (χ3n) is 2.67. The standard InChI is InChI=1S/C11H14F3NO4S2/c1-7-2-5-10(20-7)21(18,19)15-6-8(11(12,13)14)3-4-9(16)17/h2,5,8,15H,3-4,6H2,1H3,(H,16,17)/t8-/m0/s1. The Balaban J connectivity index is 2.74. The van der Waals surface area contributed by atoms with Gasteiger partial charge in [-0.05, 0) is 25.5 Å². The predicted octanol–water partition coefficient (Wildman–Crippen LogP) is 2.38. The van der Waals surface area contributed by atoms with Crippen LogP contribution in [0.3, 0.4) is 0 Å². The summed E-state index contributed by atoms with van der Waals surface area (Å²) in [6.45, 7) is 0.797. The predicted molar refractivity (Wildman–Crippen MR) is 70.7 cm³/mol. The second-order valence-electron chi connectivity index (χ2n) is 4.39. The molecule has 1 aromatic rings. The van der Waals surface area contributed by atoms with E-state index in [2.05, 4.69) is 0 Å². The van der Waals surface area contributed by atoms with E-state index in [9.17, 15) is 26.4 Å². The normalized spacial score (nSPS) is 14.1. The molecule has 0 saturated heterocycles. The lowest BCUT2D eigenvalue weighted by molar-refractivity contribution is -0.175. The number of rotatable bonds is 7. The van der Waals surface area contributed by atoms with Crippen LogP contribution < -0.4 is 4.72 Å². The first-order valence-corrected chi connectivity index (χ1v) is 8.17. The lowest BCUT2D eigenvalue weighted by atomic mass is 10.0. The fourth-order valence-electron chi connectivity index (χ4n) is 1.52. The molecule has 0 bridgehead atoms. The Labute approximate surface area is 123 Å². The van der Waals surface area contributed by atoms with Crippen molar-refractivity contribution in [2.45, 2.75) is 30.2 Å². The number of aryl methyl sites for hydroxylation is 1. The number of hydrogen-bond donors (Lipinski definition) is 2. The molecule has 0 aliphatic heterocycles. The van der Waals surface area contributed by atoms with Crippen LogP contribution in [0, 0.1) is 12.8 Å². The highest BCUT2D eigenvalue weighted by molar-refractivity contribution is 7.91. The van der Waals surface area contributed by atoms with E-state index in [1.807, 2.05) is 4.72 Å². The molecule has 1 aromatic heterocycles. The van der Waals surface area contributed by atoms with Crippen molar-refractivity contribution in [3.05, 3.63) is 17.0 Å². The van der Waals surface area contributed by atoms with Crippen molar-refractivity contribution in [3.8, 4) is 0 Å². The second-order valence-corrected chi connectivity index (χ2v) is 7.67.